The van der Waals surface area contributed by atoms with Crippen LogP contribution in [0.1, 0.15) is 57.1 Å². The van der Waals surface area contributed by atoms with E-state index in [1.54, 1.807) is 31.3 Å². The Hall–Kier alpha value is -3.65. The first-order valence-corrected chi connectivity index (χ1v) is 18.0. The molecule has 4 aromatic rings. The maximum absolute atomic E-state index is 13.2. The molecule has 2 aromatic heterocycles. The van der Waals surface area contributed by atoms with Crippen LogP contribution in [0.25, 0.3) is 21.9 Å². The van der Waals surface area contributed by atoms with Gasteiger partial charge in [0.25, 0.3) is 0 Å². The van der Waals surface area contributed by atoms with Crippen molar-refractivity contribution < 1.29 is 24.1 Å². The molecular formula is C32H42N4O5Si. The summed E-state index contributed by atoms with van der Waals surface area (Å²) < 4.78 is 21.2. The van der Waals surface area contributed by atoms with E-state index in [1.807, 2.05) is 51.3 Å². The number of rotatable bonds is 9. The zero-order valence-electron chi connectivity index (χ0n) is 26.2. The van der Waals surface area contributed by atoms with Gasteiger partial charge in [-0.2, -0.15) is 5.26 Å². The average molecular weight is 591 g/mol. The SMILES string of the molecule is CCOc1cc(C)c2c(ccn2C(=O)OC(C)(C)C)c1C(C)(O)c1nc2cc(C#N)ccc2n1COCC[Si](C)(C)C. The number of carbonyl (C=O) groups is 1. The van der Waals surface area contributed by atoms with Crippen LogP contribution < -0.4 is 4.74 Å². The standard InChI is InChI=1S/C32H42N4O5Si/c1-10-40-26-17-21(2)28-23(13-14-35(28)30(37)41-31(3,4)5)27(26)32(6,38)29-34-24-18-22(19-33)11-12-25(24)36(29)20-39-15-16-42(7,8)9/h11-14,17-18,38H,10,15-16,20H2,1-9H3. The van der Waals surface area contributed by atoms with Crippen molar-refractivity contribution in [2.45, 2.75) is 85.2 Å². The zero-order chi connectivity index (χ0) is 31.0. The van der Waals surface area contributed by atoms with E-state index in [2.05, 4.69) is 25.7 Å². The Bertz CT molecular complexity index is 1660. The quantitative estimate of drug-likeness (QED) is 0.166. The molecule has 0 radical (unpaired) electrons. The molecule has 0 fully saturated rings. The van der Waals surface area contributed by atoms with Gasteiger partial charge in [0.15, 0.2) is 0 Å². The summed E-state index contributed by atoms with van der Waals surface area (Å²) in [7, 11) is -1.31. The second-order valence-electron chi connectivity index (χ2n) is 13.0. The lowest BCUT2D eigenvalue weighted by atomic mass is 9.89. The van der Waals surface area contributed by atoms with Crippen LogP contribution in [0.4, 0.5) is 4.79 Å². The molecule has 0 aliphatic carbocycles. The summed E-state index contributed by atoms with van der Waals surface area (Å²) in [6.45, 7) is 18.9. The number of aryl methyl sites for hydroxylation is 1. The van der Waals surface area contributed by atoms with E-state index in [4.69, 9.17) is 19.2 Å². The zero-order valence-corrected chi connectivity index (χ0v) is 27.2. The van der Waals surface area contributed by atoms with Gasteiger partial charge in [0.1, 0.15) is 29.5 Å². The lowest BCUT2D eigenvalue weighted by Crippen LogP contribution is -2.30. The number of hydrogen-bond acceptors (Lipinski definition) is 7. The number of aromatic nitrogens is 3. The van der Waals surface area contributed by atoms with Gasteiger partial charge in [-0.05, 0) is 83.5 Å². The molecule has 0 spiro atoms. The summed E-state index contributed by atoms with van der Waals surface area (Å²) in [5.41, 5.74) is 1.32. The van der Waals surface area contributed by atoms with E-state index in [9.17, 15) is 15.2 Å². The lowest BCUT2D eigenvalue weighted by Gasteiger charge is -2.28. The molecule has 0 aliphatic rings. The third kappa shape index (κ3) is 6.38. The van der Waals surface area contributed by atoms with Gasteiger partial charge in [0.05, 0.1) is 34.8 Å². The van der Waals surface area contributed by atoms with Gasteiger partial charge >= 0.3 is 6.09 Å². The minimum absolute atomic E-state index is 0.177. The predicted octanol–water partition coefficient (Wildman–Crippen LogP) is 6.92. The van der Waals surface area contributed by atoms with E-state index in [0.29, 0.717) is 52.3 Å². The van der Waals surface area contributed by atoms with Crippen molar-refractivity contribution in [3.8, 4) is 11.8 Å². The molecule has 224 valence electrons. The number of fused-ring (bicyclic) bond motifs is 2. The van der Waals surface area contributed by atoms with Crippen LogP contribution in [0.15, 0.2) is 36.5 Å². The van der Waals surface area contributed by atoms with E-state index >= 15 is 0 Å². The van der Waals surface area contributed by atoms with E-state index in [1.165, 1.54) is 4.57 Å². The topological polar surface area (TPSA) is 112 Å². The fraction of sp³-hybridized carbons (Fsp3) is 0.469. The van der Waals surface area contributed by atoms with E-state index < -0.39 is 25.4 Å². The number of benzene rings is 2. The molecule has 1 N–H and O–H groups in total. The van der Waals surface area contributed by atoms with Crippen molar-refractivity contribution >= 4 is 36.1 Å². The summed E-state index contributed by atoms with van der Waals surface area (Å²) in [5.74, 6) is 0.835. The molecule has 1 unspecified atom stereocenters. The number of ether oxygens (including phenoxy) is 3. The predicted molar refractivity (Wildman–Crippen MR) is 167 cm³/mol. The molecule has 4 rings (SSSR count). The molecule has 0 saturated carbocycles. The Morgan fingerprint density at radius 3 is 2.48 bits per heavy atom. The second kappa shape index (κ2) is 11.6. The first kappa shape index (κ1) is 31.3. The molecule has 42 heavy (non-hydrogen) atoms. The second-order valence-corrected chi connectivity index (χ2v) is 18.6. The number of nitrogens with zero attached hydrogens (tertiary/aromatic N) is 4. The Balaban J connectivity index is 1.92. The van der Waals surface area contributed by atoms with Crippen molar-refractivity contribution in [2.75, 3.05) is 13.2 Å². The molecule has 0 bridgehead atoms. The maximum atomic E-state index is 13.2. The highest BCUT2D eigenvalue weighted by Crippen LogP contribution is 2.43. The minimum Gasteiger partial charge on any atom is -0.493 e. The molecule has 1 atom stereocenters. The summed E-state index contributed by atoms with van der Waals surface area (Å²) in [6, 6.07) is 12.1. The van der Waals surface area contributed by atoms with Crippen molar-refractivity contribution in [3.05, 3.63) is 59.0 Å². The van der Waals surface area contributed by atoms with Crippen LogP contribution in [-0.2, 0) is 21.8 Å². The number of imidazole rings is 1. The summed E-state index contributed by atoms with van der Waals surface area (Å²) in [6.07, 6.45) is 1.14. The monoisotopic (exact) mass is 590 g/mol. The third-order valence-electron chi connectivity index (χ3n) is 7.03. The van der Waals surface area contributed by atoms with Crippen LogP contribution in [0.5, 0.6) is 5.75 Å². The first-order valence-electron chi connectivity index (χ1n) is 14.3. The number of carbonyl (C=O) groups excluding carboxylic acids is 1. The smallest absolute Gasteiger partial charge is 0.419 e. The minimum atomic E-state index is -1.68. The molecule has 10 heteroatoms. The molecule has 0 saturated heterocycles. The van der Waals surface area contributed by atoms with Gasteiger partial charge in [-0.1, -0.05) is 19.6 Å². The van der Waals surface area contributed by atoms with Gasteiger partial charge in [0.2, 0.25) is 0 Å². The summed E-state index contributed by atoms with van der Waals surface area (Å²) in [5, 5.41) is 22.6. The molecule has 0 aliphatic heterocycles. The van der Waals surface area contributed by atoms with E-state index in [-0.39, 0.29) is 6.73 Å². The van der Waals surface area contributed by atoms with Crippen molar-refractivity contribution in [3.63, 3.8) is 0 Å². The third-order valence-corrected chi connectivity index (χ3v) is 8.73. The molecule has 0 amide bonds. The Morgan fingerprint density at radius 1 is 1.14 bits per heavy atom. The van der Waals surface area contributed by atoms with Crippen molar-refractivity contribution in [2.24, 2.45) is 0 Å². The molecule has 9 nitrogen and oxygen atoms in total. The highest BCUT2D eigenvalue weighted by Gasteiger charge is 2.38. The normalized spacial score (nSPS) is 13.7. The summed E-state index contributed by atoms with van der Waals surface area (Å²) in [4.78, 5) is 18.0. The number of nitriles is 1. The van der Waals surface area contributed by atoms with Gasteiger partial charge in [-0.15, -0.1) is 0 Å². The Labute approximate surface area is 248 Å². The van der Waals surface area contributed by atoms with Crippen LogP contribution in [0.3, 0.4) is 0 Å². The van der Waals surface area contributed by atoms with Crippen molar-refractivity contribution in [1.82, 2.24) is 14.1 Å². The largest absolute Gasteiger partial charge is 0.493 e. The van der Waals surface area contributed by atoms with Crippen LogP contribution in [0.2, 0.25) is 25.7 Å². The number of aliphatic hydroxyl groups is 1. The molecule has 2 aromatic carbocycles. The lowest BCUT2D eigenvalue weighted by molar-refractivity contribution is 0.0540. The Morgan fingerprint density at radius 2 is 1.86 bits per heavy atom. The van der Waals surface area contributed by atoms with Gasteiger partial charge in [-0.3, -0.25) is 4.57 Å². The van der Waals surface area contributed by atoms with Gasteiger partial charge < -0.3 is 23.9 Å². The van der Waals surface area contributed by atoms with Crippen LogP contribution in [0, 0.1) is 18.3 Å². The summed E-state index contributed by atoms with van der Waals surface area (Å²) >= 11 is 0. The van der Waals surface area contributed by atoms with Gasteiger partial charge in [-0.25, -0.2) is 9.78 Å². The van der Waals surface area contributed by atoms with Crippen LogP contribution >= 0.6 is 0 Å². The highest BCUT2D eigenvalue weighted by atomic mass is 28.3. The van der Waals surface area contributed by atoms with Gasteiger partial charge in [0, 0.05) is 31.8 Å². The fourth-order valence-corrected chi connectivity index (χ4v) is 5.85. The maximum Gasteiger partial charge on any atom is 0.419 e. The van der Waals surface area contributed by atoms with Crippen molar-refractivity contribution in [1.29, 1.82) is 5.26 Å². The fourth-order valence-electron chi connectivity index (χ4n) is 5.09. The van der Waals surface area contributed by atoms with Crippen LogP contribution in [-0.4, -0.2) is 52.2 Å². The Kier molecular flexibility index (Phi) is 8.61. The highest BCUT2D eigenvalue weighted by molar-refractivity contribution is 6.76. The molecular weight excluding hydrogens is 548 g/mol. The molecule has 2 heterocycles. The van der Waals surface area contributed by atoms with E-state index in [0.717, 1.165) is 17.1 Å². The number of hydrogen-bond donors (Lipinski definition) is 1. The first-order chi connectivity index (χ1) is 19.6. The average Bonchev–Trinajstić information content (AvgIpc) is 3.47.